The molecule has 0 unspecified atom stereocenters. The van der Waals surface area contributed by atoms with Crippen LogP contribution < -0.4 is 47.4 Å². The van der Waals surface area contributed by atoms with Gasteiger partial charge in [-0.1, -0.05) is 268 Å². The molecule has 0 bridgehead atoms. The van der Waals surface area contributed by atoms with Crippen LogP contribution in [0.5, 0.6) is 57.5 Å². The maximum absolute atomic E-state index is 10.5. The molecule has 7 aromatic rings. The van der Waals surface area contributed by atoms with Crippen molar-refractivity contribution in [3.63, 3.8) is 0 Å². The summed E-state index contributed by atoms with van der Waals surface area (Å²) in [5, 5.41) is 10.5. The van der Waals surface area contributed by atoms with Crippen LogP contribution in [-0.4, -0.2) is 31.5 Å². The van der Waals surface area contributed by atoms with Gasteiger partial charge in [0.1, 0.15) is 74.1 Å². The molecule has 11 heteroatoms. The van der Waals surface area contributed by atoms with Crippen molar-refractivity contribution in [2.75, 3.05) is 26.4 Å². The molecule has 0 saturated carbocycles. The molecule has 7 rings (SSSR count). The highest BCUT2D eigenvalue weighted by Crippen LogP contribution is 2.35. The van der Waals surface area contributed by atoms with Crippen molar-refractivity contribution < 1.29 is 52.5 Å². The Morgan fingerprint density at radius 1 is 0.190 bits per heavy atom. The molecule has 0 heterocycles. The monoisotopic (exact) mass is 1370 g/mol. The normalized spacial score (nSPS) is 11.2. The van der Waals surface area contributed by atoms with Crippen LogP contribution in [0, 0.1) is 0 Å². The summed E-state index contributed by atoms with van der Waals surface area (Å²) in [7, 11) is 0. The molecule has 11 nitrogen and oxygen atoms in total. The van der Waals surface area contributed by atoms with Crippen LogP contribution in [0.1, 0.15) is 272 Å². The van der Waals surface area contributed by atoms with Crippen LogP contribution in [0.3, 0.4) is 0 Å². The quantitative estimate of drug-likeness (QED) is 0.0368. The Hall–Kier alpha value is -7.50. The van der Waals surface area contributed by atoms with E-state index < -0.39 is 0 Å². The SMILES string of the molecule is CCCCCCCCCCOc1ccc(COc2ccc(COc3cc(CO)cc(OCc4ccc(OCc5ccc(OCCCCCCCCCC)cc5)c(OCc5ccc(OCCCCCCCCCC)cc5)c4)c3)cc2OCc2ccc(OCCCCCCCCCC)cc2)cc1. The summed E-state index contributed by atoms with van der Waals surface area (Å²) in [6.07, 6.45) is 40.6. The number of ether oxygens (including phenoxy) is 10. The number of hydrogen-bond acceptors (Lipinski definition) is 11. The summed E-state index contributed by atoms with van der Waals surface area (Å²) in [5.74, 6) is 7.03. The summed E-state index contributed by atoms with van der Waals surface area (Å²) in [6.45, 7) is 13.6. The second kappa shape index (κ2) is 50.8. The average Bonchev–Trinajstić information content (AvgIpc) is 0.999. The molecular formula is C89H124O11. The van der Waals surface area contributed by atoms with E-state index in [0.717, 1.165) is 108 Å². The van der Waals surface area contributed by atoms with E-state index in [0.29, 0.717) is 66.5 Å². The first-order chi connectivity index (χ1) is 49.4. The Bertz CT molecular complexity index is 2970. The molecule has 0 aliphatic heterocycles. The lowest BCUT2D eigenvalue weighted by molar-refractivity contribution is 0.252. The zero-order chi connectivity index (χ0) is 70.0. The highest BCUT2D eigenvalue weighted by molar-refractivity contribution is 5.46. The van der Waals surface area contributed by atoms with Gasteiger partial charge in [-0.25, -0.2) is 0 Å². The number of aliphatic hydroxyl groups is 1. The lowest BCUT2D eigenvalue weighted by Gasteiger charge is -2.16. The van der Waals surface area contributed by atoms with Gasteiger partial charge in [-0.3, -0.25) is 0 Å². The van der Waals surface area contributed by atoms with Crippen molar-refractivity contribution in [3.05, 3.63) is 191 Å². The highest BCUT2D eigenvalue weighted by Gasteiger charge is 2.14. The van der Waals surface area contributed by atoms with Crippen molar-refractivity contribution in [1.29, 1.82) is 0 Å². The molecule has 0 radical (unpaired) electrons. The topological polar surface area (TPSA) is 113 Å². The van der Waals surface area contributed by atoms with Gasteiger partial charge in [0.25, 0.3) is 0 Å². The van der Waals surface area contributed by atoms with E-state index in [1.54, 1.807) is 0 Å². The third-order valence-electron chi connectivity index (χ3n) is 18.3. The van der Waals surface area contributed by atoms with E-state index in [9.17, 15) is 5.11 Å². The third-order valence-corrected chi connectivity index (χ3v) is 18.3. The average molecular weight is 1370 g/mol. The maximum Gasteiger partial charge on any atom is 0.162 e. The van der Waals surface area contributed by atoms with Gasteiger partial charge in [-0.05, 0) is 150 Å². The number of rotatable bonds is 59. The minimum absolute atomic E-state index is 0.190. The van der Waals surface area contributed by atoms with Crippen LogP contribution in [0.2, 0.25) is 0 Å². The lowest BCUT2D eigenvalue weighted by Crippen LogP contribution is -2.04. The molecule has 0 aromatic heterocycles. The van der Waals surface area contributed by atoms with Crippen molar-refractivity contribution in [2.24, 2.45) is 0 Å². The van der Waals surface area contributed by atoms with Gasteiger partial charge in [-0.2, -0.15) is 0 Å². The van der Waals surface area contributed by atoms with Crippen molar-refractivity contribution in [3.8, 4) is 57.5 Å². The first kappa shape index (κ1) is 79.8. The van der Waals surface area contributed by atoms with Crippen LogP contribution >= 0.6 is 0 Å². The van der Waals surface area contributed by atoms with Gasteiger partial charge in [0.2, 0.25) is 0 Å². The first-order valence-electron chi connectivity index (χ1n) is 39.0. The number of unbranched alkanes of at least 4 members (excludes halogenated alkanes) is 28. The number of benzene rings is 7. The van der Waals surface area contributed by atoms with E-state index in [4.69, 9.17) is 47.4 Å². The van der Waals surface area contributed by atoms with Crippen LogP contribution in [0.15, 0.2) is 152 Å². The Labute approximate surface area is 603 Å². The molecule has 100 heavy (non-hydrogen) atoms. The standard InChI is InChI=1S/C89H124O11/c1-5-9-13-17-21-25-29-33-57-91-80-47-37-73(38-48-80)67-97-86-55-45-77(63-88(86)99-69-75-41-51-82(52-42-75)93-59-35-31-27-23-19-15-11-7-3)71-95-84-61-79(66-90)62-85(65-84)96-72-78-46-56-87(98-68-74-39-49-81(50-40-74)92-58-34-30-26-22-18-14-10-6-2)89(64-78)100-70-76-43-53-83(54-44-76)94-60-36-32-28-24-20-16-12-8-4/h37-56,61-65,90H,5-36,57-60,66-72H2,1-4H3. The molecule has 0 amide bonds. The predicted molar refractivity (Wildman–Crippen MR) is 409 cm³/mol. The lowest BCUT2D eigenvalue weighted by atomic mass is 10.1. The van der Waals surface area contributed by atoms with Gasteiger partial charge in [0, 0.05) is 6.07 Å². The molecule has 7 aromatic carbocycles. The summed E-state index contributed by atoms with van der Waals surface area (Å²) in [5.41, 5.74) is 6.50. The van der Waals surface area contributed by atoms with E-state index in [-0.39, 0.29) is 19.8 Å². The number of hydrogen-bond donors (Lipinski definition) is 1. The third kappa shape index (κ3) is 33.8. The van der Waals surface area contributed by atoms with Crippen LogP contribution in [0.4, 0.5) is 0 Å². The smallest absolute Gasteiger partial charge is 0.162 e. The molecular weight excluding hydrogens is 1240 g/mol. The van der Waals surface area contributed by atoms with Crippen molar-refractivity contribution in [1.82, 2.24) is 0 Å². The fourth-order valence-corrected chi connectivity index (χ4v) is 12.0. The van der Waals surface area contributed by atoms with Gasteiger partial charge >= 0.3 is 0 Å². The fraction of sp³-hybridized carbons (Fsp3) is 0.528. The van der Waals surface area contributed by atoms with Gasteiger partial charge in [0.05, 0.1) is 33.0 Å². The minimum Gasteiger partial charge on any atom is -0.494 e. The van der Waals surface area contributed by atoms with E-state index in [1.807, 2.05) is 103 Å². The Morgan fingerprint density at radius 2 is 0.420 bits per heavy atom. The molecule has 0 aliphatic rings. The second-order valence-electron chi connectivity index (χ2n) is 27.1. The fourth-order valence-electron chi connectivity index (χ4n) is 12.0. The highest BCUT2D eigenvalue weighted by atomic mass is 16.5. The van der Waals surface area contributed by atoms with E-state index >= 15 is 0 Å². The molecule has 0 atom stereocenters. The first-order valence-corrected chi connectivity index (χ1v) is 39.0. The van der Waals surface area contributed by atoms with Crippen LogP contribution in [-0.2, 0) is 46.2 Å². The summed E-state index contributed by atoms with van der Waals surface area (Å²) in [6, 6.07) is 50.1. The zero-order valence-corrected chi connectivity index (χ0v) is 61.9. The molecule has 0 spiro atoms. The minimum atomic E-state index is -0.190. The van der Waals surface area contributed by atoms with Crippen LogP contribution in [0.25, 0.3) is 0 Å². The molecule has 0 saturated heterocycles. The Kier molecular flexibility index (Phi) is 40.5. The van der Waals surface area contributed by atoms with E-state index in [1.165, 1.54) is 180 Å². The molecule has 1 N–H and O–H groups in total. The largest absolute Gasteiger partial charge is 0.494 e. The van der Waals surface area contributed by atoms with Gasteiger partial charge in [0.15, 0.2) is 23.0 Å². The summed E-state index contributed by atoms with van der Waals surface area (Å²) in [4.78, 5) is 0. The summed E-state index contributed by atoms with van der Waals surface area (Å²) >= 11 is 0. The Balaban J connectivity index is 0.967. The Morgan fingerprint density at radius 3 is 0.680 bits per heavy atom. The van der Waals surface area contributed by atoms with E-state index in [2.05, 4.69) is 76.2 Å². The molecule has 0 fully saturated rings. The predicted octanol–water partition coefficient (Wildman–Crippen LogP) is 24.7. The van der Waals surface area contributed by atoms with Crippen molar-refractivity contribution in [2.45, 2.75) is 279 Å². The molecule has 0 aliphatic carbocycles. The number of aliphatic hydroxyl groups excluding tert-OH is 1. The molecule has 546 valence electrons. The maximum atomic E-state index is 10.5. The summed E-state index contributed by atoms with van der Waals surface area (Å²) < 4.78 is 63.6. The van der Waals surface area contributed by atoms with Gasteiger partial charge in [-0.15, -0.1) is 0 Å². The zero-order valence-electron chi connectivity index (χ0n) is 61.9. The van der Waals surface area contributed by atoms with Crippen molar-refractivity contribution >= 4 is 0 Å². The second-order valence-corrected chi connectivity index (χ2v) is 27.1. The van der Waals surface area contributed by atoms with Gasteiger partial charge < -0.3 is 52.5 Å².